The molecule has 14 heavy (non-hydrogen) atoms. The fraction of sp³-hybridized carbons (Fsp3) is 0.375. The van der Waals surface area contributed by atoms with E-state index in [-0.39, 0.29) is 6.42 Å². The Bertz CT molecular complexity index is 322. The molecule has 1 N–H and O–H groups in total. The molecule has 1 atom stereocenters. The molecule has 5 nitrogen and oxygen atoms in total. The molecule has 1 heterocycles. The Morgan fingerprint density at radius 2 is 2.43 bits per heavy atom. The molecule has 1 rings (SSSR count). The van der Waals surface area contributed by atoms with Crippen molar-refractivity contribution >= 4 is 23.3 Å². The van der Waals surface area contributed by atoms with Crippen LogP contribution < -0.4 is 0 Å². The lowest BCUT2D eigenvalue weighted by Crippen LogP contribution is -2.26. The van der Waals surface area contributed by atoms with Crippen molar-refractivity contribution in [2.75, 3.05) is 7.11 Å². The summed E-state index contributed by atoms with van der Waals surface area (Å²) in [6, 6.07) is 0. The lowest BCUT2D eigenvalue weighted by molar-refractivity contribution is -0.156. The smallest absolute Gasteiger partial charge is 0.320 e. The molecule has 0 saturated heterocycles. The fourth-order valence-electron chi connectivity index (χ4n) is 0.958. The topological polar surface area (TPSA) is 76.5 Å². The zero-order chi connectivity index (χ0) is 10.6. The molecule has 76 valence electrons. The summed E-state index contributed by atoms with van der Waals surface area (Å²) < 4.78 is 4.39. The van der Waals surface area contributed by atoms with E-state index in [9.17, 15) is 9.59 Å². The van der Waals surface area contributed by atoms with Crippen LogP contribution >= 0.6 is 11.3 Å². The number of esters is 1. The highest BCUT2D eigenvalue weighted by molar-refractivity contribution is 7.09. The number of aliphatic carboxylic acids is 1. The zero-order valence-corrected chi connectivity index (χ0v) is 8.28. The molecule has 0 saturated carbocycles. The van der Waals surface area contributed by atoms with Crippen molar-refractivity contribution in [1.82, 2.24) is 4.98 Å². The van der Waals surface area contributed by atoms with Gasteiger partial charge in [0, 0.05) is 17.5 Å². The van der Waals surface area contributed by atoms with E-state index in [2.05, 4.69) is 9.72 Å². The summed E-state index contributed by atoms with van der Waals surface area (Å²) in [6.45, 7) is 0. The van der Waals surface area contributed by atoms with Crippen LogP contribution in [0.4, 0.5) is 0 Å². The summed E-state index contributed by atoms with van der Waals surface area (Å²) in [5.41, 5.74) is 1.59. The van der Waals surface area contributed by atoms with Crippen LogP contribution in [0, 0.1) is 5.92 Å². The number of methoxy groups -OCH3 is 1. The van der Waals surface area contributed by atoms with E-state index >= 15 is 0 Å². The molecule has 0 aliphatic carbocycles. The number of hydrogen-bond acceptors (Lipinski definition) is 5. The van der Waals surface area contributed by atoms with Gasteiger partial charge in [-0.25, -0.2) is 0 Å². The molecule has 0 aliphatic rings. The molecule has 0 fully saturated rings. The third-order valence-electron chi connectivity index (χ3n) is 1.67. The third kappa shape index (κ3) is 2.53. The first-order valence-electron chi connectivity index (χ1n) is 3.83. The van der Waals surface area contributed by atoms with Gasteiger partial charge in [-0.1, -0.05) is 0 Å². The number of carboxylic acids is 1. The Hall–Kier alpha value is -1.43. The molecule has 0 bridgehead atoms. The SMILES string of the molecule is COC(=O)C(Cc1cncs1)C(=O)O. The first-order chi connectivity index (χ1) is 6.65. The second kappa shape index (κ2) is 4.71. The molecule has 0 radical (unpaired) electrons. The molecule has 1 aromatic rings. The van der Waals surface area contributed by atoms with Crippen LogP contribution in [0.25, 0.3) is 0 Å². The summed E-state index contributed by atoms with van der Waals surface area (Å²) in [5.74, 6) is -3.04. The van der Waals surface area contributed by atoms with E-state index in [1.807, 2.05) is 0 Å². The Balaban J connectivity index is 2.70. The molecule has 6 heteroatoms. The van der Waals surface area contributed by atoms with E-state index in [0.717, 1.165) is 4.88 Å². The maximum Gasteiger partial charge on any atom is 0.320 e. The maximum absolute atomic E-state index is 11.1. The van der Waals surface area contributed by atoms with Crippen molar-refractivity contribution in [3.8, 4) is 0 Å². The highest BCUT2D eigenvalue weighted by Gasteiger charge is 2.27. The van der Waals surface area contributed by atoms with Crippen molar-refractivity contribution < 1.29 is 19.4 Å². The highest BCUT2D eigenvalue weighted by atomic mass is 32.1. The number of nitrogens with zero attached hydrogens (tertiary/aromatic N) is 1. The van der Waals surface area contributed by atoms with Crippen LogP contribution in [-0.4, -0.2) is 29.1 Å². The minimum Gasteiger partial charge on any atom is -0.481 e. The summed E-state index contributed by atoms with van der Waals surface area (Å²) in [6.07, 6.45) is 1.68. The standard InChI is InChI=1S/C8H9NO4S/c1-13-8(12)6(7(10)11)2-5-3-9-4-14-5/h3-4,6H,2H2,1H3,(H,10,11). The molecular formula is C8H9NO4S. The van der Waals surface area contributed by atoms with E-state index in [1.165, 1.54) is 18.4 Å². The average Bonchev–Trinajstić information content (AvgIpc) is 2.65. The second-order valence-corrected chi connectivity index (χ2v) is 3.56. The number of thiazole rings is 1. The van der Waals surface area contributed by atoms with Gasteiger partial charge >= 0.3 is 11.9 Å². The third-order valence-corrected chi connectivity index (χ3v) is 2.47. The van der Waals surface area contributed by atoms with Crippen LogP contribution in [0.3, 0.4) is 0 Å². The predicted octanol–water partition coefficient (Wildman–Crippen LogP) is 0.559. The van der Waals surface area contributed by atoms with Gasteiger partial charge in [0.15, 0.2) is 5.92 Å². The van der Waals surface area contributed by atoms with Gasteiger partial charge < -0.3 is 9.84 Å². The van der Waals surface area contributed by atoms with Crippen molar-refractivity contribution in [3.05, 3.63) is 16.6 Å². The van der Waals surface area contributed by atoms with Crippen molar-refractivity contribution in [3.63, 3.8) is 0 Å². The Labute approximate surface area is 84.3 Å². The summed E-state index contributed by atoms with van der Waals surface area (Å²) in [5, 5.41) is 8.76. The van der Waals surface area contributed by atoms with Gasteiger partial charge in [-0.05, 0) is 0 Å². The average molecular weight is 215 g/mol. The molecule has 0 amide bonds. The molecule has 1 unspecified atom stereocenters. The number of rotatable bonds is 4. The van der Waals surface area contributed by atoms with Crippen LogP contribution in [0.1, 0.15) is 4.88 Å². The summed E-state index contributed by atoms with van der Waals surface area (Å²) in [7, 11) is 1.17. The number of carbonyl (C=O) groups is 2. The number of carboxylic acid groups (broad SMARTS) is 1. The molecule has 1 aromatic heterocycles. The Kier molecular flexibility index (Phi) is 3.58. The summed E-state index contributed by atoms with van der Waals surface area (Å²) in [4.78, 5) is 26.3. The lowest BCUT2D eigenvalue weighted by Gasteiger charge is -2.07. The fourth-order valence-corrected chi connectivity index (χ4v) is 1.60. The molecule has 0 aliphatic heterocycles. The summed E-state index contributed by atoms with van der Waals surface area (Å²) >= 11 is 1.31. The quantitative estimate of drug-likeness (QED) is 0.586. The molecule has 0 aromatic carbocycles. The minimum atomic E-state index is -1.18. The molecule has 0 spiro atoms. The van der Waals surface area contributed by atoms with Gasteiger partial charge in [-0.2, -0.15) is 0 Å². The number of ether oxygens (including phenoxy) is 1. The lowest BCUT2D eigenvalue weighted by atomic mass is 10.1. The van der Waals surface area contributed by atoms with Crippen LogP contribution in [0.2, 0.25) is 0 Å². The van der Waals surface area contributed by atoms with Crippen LogP contribution in [-0.2, 0) is 20.7 Å². The zero-order valence-electron chi connectivity index (χ0n) is 7.47. The van der Waals surface area contributed by atoms with Gasteiger partial charge in [0.2, 0.25) is 0 Å². The normalized spacial score (nSPS) is 12.1. The van der Waals surface area contributed by atoms with Crippen LogP contribution in [0.15, 0.2) is 11.7 Å². The van der Waals surface area contributed by atoms with Crippen molar-refractivity contribution in [1.29, 1.82) is 0 Å². The van der Waals surface area contributed by atoms with Gasteiger partial charge in [-0.15, -0.1) is 11.3 Å². The van der Waals surface area contributed by atoms with E-state index in [4.69, 9.17) is 5.11 Å². The van der Waals surface area contributed by atoms with Crippen molar-refractivity contribution in [2.24, 2.45) is 5.92 Å². The van der Waals surface area contributed by atoms with Gasteiger partial charge in [-0.3, -0.25) is 14.6 Å². The number of aromatic nitrogens is 1. The van der Waals surface area contributed by atoms with Gasteiger partial charge in [0.05, 0.1) is 12.6 Å². The van der Waals surface area contributed by atoms with E-state index < -0.39 is 17.9 Å². The number of hydrogen-bond donors (Lipinski definition) is 1. The number of carbonyl (C=O) groups excluding carboxylic acids is 1. The minimum absolute atomic E-state index is 0.132. The predicted molar refractivity (Wildman–Crippen MR) is 49.0 cm³/mol. The largest absolute Gasteiger partial charge is 0.481 e. The molecular weight excluding hydrogens is 206 g/mol. The Morgan fingerprint density at radius 3 is 2.86 bits per heavy atom. The van der Waals surface area contributed by atoms with Gasteiger partial charge in [0.25, 0.3) is 0 Å². The van der Waals surface area contributed by atoms with E-state index in [0.29, 0.717) is 0 Å². The second-order valence-electron chi connectivity index (χ2n) is 2.59. The van der Waals surface area contributed by atoms with Gasteiger partial charge in [0.1, 0.15) is 0 Å². The van der Waals surface area contributed by atoms with Crippen LogP contribution in [0.5, 0.6) is 0 Å². The van der Waals surface area contributed by atoms with Crippen molar-refractivity contribution in [2.45, 2.75) is 6.42 Å². The van der Waals surface area contributed by atoms with E-state index in [1.54, 1.807) is 11.7 Å². The first kappa shape index (κ1) is 10.6. The Morgan fingerprint density at radius 1 is 1.71 bits per heavy atom. The highest BCUT2D eigenvalue weighted by Crippen LogP contribution is 2.14. The first-order valence-corrected chi connectivity index (χ1v) is 4.71. The maximum atomic E-state index is 11.1. The monoisotopic (exact) mass is 215 g/mol.